The average Bonchev–Trinajstić information content (AvgIpc) is 3.13. The number of hydrogen-bond acceptors (Lipinski definition) is 6. The normalized spacial score (nSPS) is 13.8. The molecule has 0 fully saturated rings. The van der Waals surface area contributed by atoms with Gasteiger partial charge in [-0.05, 0) is 29.3 Å². The van der Waals surface area contributed by atoms with E-state index in [1.165, 1.54) is 0 Å². The van der Waals surface area contributed by atoms with Crippen LogP contribution in [-0.2, 0) is 27.4 Å². The molecule has 0 saturated heterocycles. The predicted molar refractivity (Wildman–Crippen MR) is 138 cm³/mol. The number of carbonyl (C=O) groups excluding carboxylic acids is 2. The number of amides is 2. The number of nitrogens with zero attached hydrogens (tertiary/aromatic N) is 5. The van der Waals surface area contributed by atoms with Crippen molar-refractivity contribution in [2.75, 3.05) is 20.3 Å². The van der Waals surface area contributed by atoms with Crippen molar-refractivity contribution in [2.45, 2.75) is 32.0 Å². The summed E-state index contributed by atoms with van der Waals surface area (Å²) in [6, 6.07) is 16.5. The van der Waals surface area contributed by atoms with Crippen molar-refractivity contribution in [3.8, 4) is 0 Å². The number of allylic oxidation sites excluding steroid dienone is 2. The van der Waals surface area contributed by atoms with E-state index in [0.29, 0.717) is 32.7 Å². The number of para-hydroxylation sites is 1. The highest BCUT2D eigenvalue weighted by Gasteiger charge is 2.32. The van der Waals surface area contributed by atoms with E-state index in [-0.39, 0.29) is 18.2 Å². The van der Waals surface area contributed by atoms with E-state index in [1.54, 1.807) is 35.2 Å². The molecule has 36 heavy (non-hydrogen) atoms. The molecule has 1 unspecified atom stereocenters. The SMILES string of the molecule is COCCNC(=O)C(C1=CC=CN=CC1)N(Cc1ccccc1)C(=O)CCn1nnc2ccccc21. The summed E-state index contributed by atoms with van der Waals surface area (Å²) >= 11 is 0. The number of aliphatic imine (C=N–C) groups is 1. The molecular weight excluding hydrogens is 456 g/mol. The van der Waals surface area contributed by atoms with Crippen LogP contribution in [0.2, 0.25) is 0 Å². The third-order valence-electron chi connectivity index (χ3n) is 5.91. The Bertz CT molecular complexity index is 1260. The standard InChI is InChI=1S/C27H30N6O3/c1-36-19-17-29-27(35)26(22-10-7-15-28-16-13-22)32(20-21-8-3-2-4-9-21)25(34)14-18-33-24-12-6-5-11-23(24)30-31-33/h2-12,15-16,26H,13-14,17-20H2,1H3,(H,29,35). The molecule has 0 aliphatic carbocycles. The first-order chi connectivity index (χ1) is 17.7. The number of rotatable bonds is 11. The minimum absolute atomic E-state index is 0.156. The molecule has 1 aliphatic heterocycles. The minimum atomic E-state index is -0.795. The Kier molecular flexibility index (Phi) is 8.72. The molecule has 1 aromatic heterocycles. The summed E-state index contributed by atoms with van der Waals surface area (Å²) in [5, 5.41) is 11.3. The van der Waals surface area contributed by atoms with Gasteiger partial charge in [-0.15, -0.1) is 5.10 Å². The summed E-state index contributed by atoms with van der Waals surface area (Å²) in [6.07, 6.45) is 7.70. The molecule has 1 aliphatic rings. The van der Waals surface area contributed by atoms with Crippen LogP contribution in [0.15, 0.2) is 83.5 Å². The number of hydrogen-bond donors (Lipinski definition) is 1. The quantitative estimate of drug-likeness (QED) is 0.420. The van der Waals surface area contributed by atoms with E-state index in [2.05, 4.69) is 20.6 Å². The van der Waals surface area contributed by atoms with Gasteiger partial charge in [-0.3, -0.25) is 14.6 Å². The number of nitrogens with one attached hydrogen (secondary N) is 1. The van der Waals surface area contributed by atoms with Crippen LogP contribution in [0.3, 0.4) is 0 Å². The fraction of sp³-hybridized carbons (Fsp3) is 0.296. The molecule has 2 aromatic carbocycles. The van der Waals surface area contributed by atoms with E-state index in [0.717, 1.165) is 22.2 Å². The van der Waals surface area contributed by atoms with Gasteiger partial charge in [-0.25, -0.2) is 4.68 Å². The lowest BCUT2D eigenvalue weighted by atomic mass is 9.99. The molecule has 186 valence electrons. The highest BCUT2D eigenvalue weighted by atomic mass is 16.5. The molecule has 9 heteroatoms. The van der Waals surface area contributed by atoms with Gasteiger partial charge in [0.25, 0.3) is 0 Å². The van der Waals surface area contributed by atoms with Crippen molar-refractivity contribution >= 4 is 29.1 Å². The summed E-state index contributed by atoms with van der Waals surface area (Å²) < 4.78 is 6.82. The second-order valence-electron chi connectivity index (χ2n) is 8.36. The number of benzene rings is 2. The largest absolute Gasteiger partial charge is 0.383 e. The van der Waals surface area contributed by atoms with Crippen LogP contribution in [0.25, 0.3) is 11.0 Å². The molecule has 0 bridgehead atoms. The Balaban J connectivity index is 1.62. The Hall–Kier alpha value is -4.11. The van der Waals surface area contributed by atoms with Crippen LogP contribution in [0.1, 0.15) is 18.4 Å². The van der Waals surface area contributed by atoms with Gasteiger partial charge in [0.1, 0.15) is 11.6 Å². The molecule has 2 amide bonds. The molecule has 3 aromatic rings. The van der Waals surface area contributed by atoms with Crippen molar-refractivity contribution in [1.82, 2.24) is 25.2 Å². The third-order valence-corrected chi connectivity index (χ3v) is 5.91. The van der Waals surface area contributed by atoms with Gasteiger partial charge in [0.2, 0.25) is 11.8 Å². The predicted octanol–water partition coefficient (Wildman–Crippen LogP) is 2.90. The van der Waals surface area contributed by atoms with E-state index in [9.17, 15) is 9.59 Å². The summed E-state index contributed by atoms with van der Waals surface area (Å²) in [7, 11) is 1.58. The van der Waals surface area contributed by atoms with Gasteiger partial charge >= 0.3 is 0 Å². The van der Waals surface area contributed by atoms with E-state index < -0.39 is 6.04 Å². The van der Waals surface area contributed by atoms with Crippen molar-refractivity contribution in [3.63, 3.8) is 0 Å². The van der Waals surface area contributed by atoms with Gasteiger partial charge in [-0.2, -0.15) is 0 Å². The maximum Gasteiger partial charge on any atom is 0.247 e. The maximum atomic E-state index is 13.8. The second-order valence-corrected chi connectivity index (χ2v) is 8.36. The van der Waals surface area contributed by atoms with Crippen LogP contribution in [0, 0.1) is 0 Å². The smallest absolute Gasteiger partial charge is 0.247 e. The fourth-order valence-corrected chi connectivity index (χ4v) is 4.12. The molecule has 0 spiro atoms. The fourth-order valence-electron chi connectivity index (χ4n) is 4.12. The second kappa shape index (κ2) is 12.6. The average molecular weight is 487 g/mol. The van der Waals surface area contributed by atoms with Crippen molar-refractivity contribution in [3.05, 3.63) is 84.1 Å². The first kappa shape index (κ1) is 25.0. The van der Waals surface area contributed by atoms with Crippen LogP contribution in [-0.4, -0.2) is 64.2 Å². The summed E-state index contributed by atoms with van der Waals surface area (Å²) in [5.41, 5.74) is 3.36. The van der Waals surface area contributed by atoms with Crippen molar-refractivity contribution < 1.29 is 14.3 Å². The zero-order valence-corrected chi connectivity index (χ0v) is 20.3. The van der Waals surface area contributed by atoms with Gasteiger partial charge in [0.05, 0.1) is 18.7 Å². The van der Waals surface area contributed by atoms with E-state index >= 15 is 0 Å². The topological polar surface area (TPSA) is 102 Å². The maximum absolute atomic E-state index is 13.8. The summed E-state index contributed by atoms with van der Waals surface area (Å²) in [5.74, 6) is -0.408. The number of ether oxygens (including phenoxy) is 1. The lowest BCUT2D eigenvalue weighted by Crippen LogP contribution is -2.51. The van der Waals surface area contributed by atoms with Crippen molar-refractivity contribution in [1.29, 1.82) is 0 Å². The van der Waals surface area contributed by atoms with Gasteiger partial charge in [-0.1, -0.05) is 53.8 Å². The number of aryl methyl sites for hydroxylation is 1. The van der Waals surface area contributed by atoms with Crippen LogP contribution in [0.4, 0.5) is 0 Å². The Labute approximate surface area is 210 Å². The number of aromatic nitrogens is 3. The first-order valence-corrected chi connectivity index (χ1v) is 11.9. The van der Waals surface area contributed by atoms with Gasteiger partial charge in [0, 0.05) is 45.5 Å². The van der Waals surface area contributed by atoms with E-state index in [4.69, 9.17) is 4.74 Å². The molecule has 0 radical (unpaired) electrons. The summed E-state index contributed by atoms with van der Waals surface area (Å²) in [6.45, 7) is 1.37. The lowest BCUT2D eigenvalue weighted by molar-refractivity contribution is -0.140. The van der Waals surface area contributed by atoms with Crippen LogP contribution < -0.4 is 5.32 Å². The molecular formula is C27H30N6O3. The highest BCUT2D eigenvalue weighted by molar-refractivity contribution is 5.91. The Morgan fingerprint density at radius 3 is 2.78 bits per heavy atom. The highest BCUT2D eigenvalue weighted by Crippen LogP contribution is 2.21. The molecule has 9 nitrogen and oxygen atoms in total. The molecule has 2 heterocycles. The lowest BCUT2D eigenvalue weighted by Gasteiger charge is -2.33. The minimum Gasteiger partial charge on any atom is -0.383 e. The number of carbonyl (C=O) groups is 2. The first-order valence-electron chi connectivity index (χ1n) is 11.9. The molecule has 4 rings (SSSR count). The van der Waals surface area contributed by atoms with Gasteiger partial charge in [0.15, 0.2) is 0 Å². The molecule has 1 N–H and O–H groups in total. The Morgan fingerprint density at radius 2 is 1.94 bits per heavy atom. The zero-order chi connectivity index (χ0) is 25.2. The third kappa shape index (κ3) is 6.31. The van der Waals surface area contributed by atoms with Crippen molar-refractivity contribution in [2.24, 2.45) is 4.99 Å². The Morgan fingerprint density at radius 1 is 1.14 bits per heavy atom. The molecule has 0 saturated carbocycles. The number of fused-ring (bicyclic) bond motifs is 1. The molecule has 1 atom stereocenters. The number of methoxy groups -OCH3 is 1. The monoisotopic (exact) mass is 486 g/mol. The van der Waals surface area contributed by atoms with E-state index in [1.807, 2.05) is 60.7 Å². The summed E-state index contributed by atoms with van der Waals surface area (Å²) in [4.78, 5) is 33.1. The zero-order valence-electron chi connectivity index (χ0n) is 20.3. The van der Waals surface area contributed by atoms with Gasteiger partial charge < -0.3 is 15.0 Å². The van der Waals surface area contributed by atoms with Crippen LogP contribution >= 0.6 is 0 Å². The van der Waals surface area contributed by atoms with Crippen LogP contribution in [0.5, 0.6) is 0 Å².